The molecule has 1 aromatic rings. The van der Waals surface area contributed by atoms with Gasteiger partial charge >= 0.3 is 5.97 Å². The fourth-order valence-corrected chi connectivity index (χ4v) is 2.01. The minimum absolute atomic E-state index is 0.0536. The predicted molar refractivity (Wildman–Crippen MR) is 76.7 cm³/mol. The Morgan fingerprint density at radius 3 is 2.77 bits per heavy atom. The van der Waals surface area contributed by atoms with Gasteiger partial charge in [0.1, 0.15) is 19.0 Å². The van der Waals surface area contributed by atoms with Crippen molar-refractivity contribution in [1.29, 1.82) is 0 Å². The van der Waals surface area contributed by atoms with Crippen molar-refractivity contribution in [3.05, 3.63) is 30.3 Å². The first-order chi connectivity index (χ1) is 10.7. The van der Waals surface area contributed by atoms with Gasteiger partial charge in [-0.3, -0.25) is 4.79 Å². The van der Waals surface area contributed by atoms with Crippen LogP contribution < -0.4 is 4.74 Å². The first kappa shape index (κ1) is 16.3. The molecule has 7 heteroatoms. The lowest BCUT2D eigenvalue weighted by Crippen LogP contribution is -2.49. The maximum atomic E-state index is 11.9. The highest BCUT2D eigenvalue weighted by atomic mass is 16.5. The normalized spacial score (nSPS) is 18.0. The summed E-state index contributed by atoms with van der Waals surface area (Å²) < 4.78 is 15.8. The molecule has 2 rings (SSSR count). The molecule has 0 aliphatic carbocycles. The lowest BCUT2D eigenvalue weighted by molar-refractivity contribution is -0.160. The van der Waals surface area contributed by atoms with Crippen molar-refractivity contribution in [2.24, 2.45) is 0 Å². The first-order valence-corrected chi connectivity index (χ1v) is 7.04. The second kappa shape index (κ2) is 8.35. The Kier molecular flexibility index (Phi) is 6.17. The van der Waals surface area contributed by atoms with Crippen molar-refractivity contribution >= 4 is 11.9 Å². The summed E-state index contributed by atoms with van der Waals surface area (Å²) in [6.07, 6.45) is -0.959. The number of carboxylic acids is 1. The fourth-order valence-electron chi connectivity index (χ4n) is 2.01. The summed E-state index contributed by atoms with van der Waals surface area (Å²) in [6, 6.07) is 9.32. The number of amides is 1. The topological polar surface area (TPSA) is 85.3 Å². The Labute approximate surface area is 128 Å². The molecule has 1 heterocycles. The van der Waals surface area contributed by atoms with E-state index in [1.165, 1.54) is 4.90 Å². The number of para-hydroxylation sites is 1. The summed E-state index contributed by atoms with van der Waals surface area (Å²) in [5.74, 6) is -0.557. The molecular formula is C15H19NO6. The van der Waals surface area contributed by atoms with Crippen LogP contribution in [0.5, 0.6) is 5.75 Å². The third kappa shape index (κ3) is 5.01. The highest BCUT2D eigenvalue weighted by Gasteiger charge is 2.28. The highest BCUT2D eigenvalue weighted by Crippen LogP contribution is 2.08. The summed E-state index contributed by atoms with van der Waals surface area (Å²) in [6.45, 7) is 1.19. The number of rotatable bonds is 7. The SMILES string of the molecule is O=C(O)[C@@H]1CN(C(=O)COCCOc2ccccc2)CCO1. The molecule has 22 heavy (non-hydrogen) atoms. The van der Waals surface area contributed by atoms with E-state index in [0.717, 1.165) is 5.75 Å². The number of benzene rings is 1. The third-order valence-electron chi connectivity index (χ3n) is 3.16. The second-order valence-electron chi connectivity index (χ2n) is 4.75. The number of carbonyl (C=O) groups is 2. The van der Waals surface area contributed by atoms with Gasteiger partial charge in [-0.1, -0.05) is 18.2 Å². The van der Waals surface area contributed by atoms with Crippen molar-refractivity contribution in [2.75, 3.05) is 39.5 Å². The quantitative estimate of drug-likeness (QED) is 0.734. The number of carboxylic acid groups (broad SMARTS) is 1. The molecule has 1 aliphatic rings. The molecule has 7 nitrogen and oxygen atoms in total. The fraction of sp³-hybridized carbons (Fsp3) is 0.467. The van der Waals surface area contributed by atoms with Crippen molar-refractivity contribution in [1.82, 2.24) is 4.90 Å². The van der Waals surface area contributed by atoms with Gasteiger partial charge in [0.05, 0.1) is 19.8 Å². The van der Waals surface area contributed by atoms with Crippen LogP contribution in [0.2, 0.25) is 0 Å². The van der Waals surface area contributed by atoms with Crippen LogP contribution in [-0.2, 0) is 19.1 Å². The zero-order valence-electron chi connectivity index (χ0n) is 12.1. The summed E-state index contributed by atoms with van der Waals surface area (Å²) in [4.78, 5) is 24.2. The molecule has 1 amide bonds. The third-order valence-corrected chi connectivity index (χ3v) is 3.16. The number of nitrogens with zero attached hydrogens (tertiary/aromatic N) is 1. The Morgan fingerprint density at radius 2 is 2.05 bits per heavy atom. The van der Waals surface area contributed by atoms with Gasteiger partial charge in [-0.05, 0) is 12.1 Å². The standard InChI is InChI=1S/C15H19NO6/c17-14(16-6-7-22-13(10-16)15(18)19)11-20-8-9-21-12-4-2-1-3-5-12/h1-5,13H,6-11H2,(H,18,19)/t13-/m0/s1. The highest BCUT2D eigenvalue weighted by molar-refractivity contribution is 5.79. The zero-order valence-corrected chi connectivity index (χ0v) is 12.1. The largest absolute Gasteiger partial charge is 0.491 e. The van der Waals surface area contributed by atoms with E-state index in [0.29, 0.717) is 13.2 Å². The van der Waals surface area contributed by atoms with Crippen LogP contribution in [0.1, 0.15) is 0 Å². The van der Waals surface area contributed by atoms with Gasteiger partial charge < -0.3 is 24.2 Å². The number of aliphatic carboxylic acids is 1. The van der Waals surface area contributed by atoms with E-state index < -0.39 is 12.1 Å². The molecule has 120 valence electrons. The van der Waals surface area contributed by atoms with Crippen LogP contribution in [-0.4, -0.2) is 67.5 Å². The molecule has 1 aromatic carbocycles. The van der Waals surface area contributed by atoms with Gasteiger partial charge in [0.2, 0.25) is 5.91 Å². The van der Waals surface area contributed by atoms with Crippen LogP contribution in [0.25, 0.3) is 0 Å². The molecule has 1 saturated heterocycles. The molecular weight excluding hydrogens is 290 g/mol. The van der Waals surface area contributed by atoms with Crippen LogP contribution in [0, 0.1) is 0 Å². The monoisotopic (exact) mass is 309 g/mol. The molecule has 1 atom stereocenters. The molecule has 0 bridgehead atoms. The molecule has 1 aliphatic heterocycles. The summed E-state index contributed by atoms with van der Waals surface area (Å²) in [5, 5.41) is 8.88. The van der Waals surface area contributed by atoms with Gasteiger partial charge in [-0.15, -0.1) is 0 Å². The van der Waals surface area contributed by atoms with E-state index >= 15 is 0 Å². The van der Waals surface area contributed by atoms with Gasteiger partial charge in [0.15, 0.2) is 6.10 Å². The number of morpholine rings is 1. The summed E-state index contributed by atoms with van der Waals surface area (Å²) in [5.41, 5.74) is 0. The molecule has 1 fully saturated rings. The van der Waals surface area contributed by atoms with Crippen molar-refractivity contribution in [3.63, 3.8) is 0 Å². The molecule has 1 N–H and O–H groups in total. The maximum absolute atomic E-state index is 11.9. The van der Waals surface area contributed by atoms with E-state index in [1.54, 1.807) is 0 Å². The number of ether oxygens (including phenoxy) is 3. The Balaban J connectivity index is 1.62. The maximum Gasteiger partial charge on any atom is 0.334 e. The van der Waals surface area contributed by atoms with Gasteiger partial charge in [-0.25, -0.2) is 4.79 Å². The van der Waals surface area contributed by atoms with Crippen LogP contribution in [0.15, 0.2) is 30.3 Å². The van der Waals surface area contributed by atoms with E-state index in [4.69, 9.17) is 19.3 Å². The summed E-state index contributed by atoms with van der Waals surface area (Å²) in [7, 11) is 0. The smallest absolute Gasteiger partial charge is 0.334 e. The van der Waals surface area contributed by atoms with Crippen molar-refractivity contribution < 1.29 is 28.9 Å². The first-order valence-electron chi connectivity index (χ1n) is 7.04. The average Bonchev–Trinajstić information content (AvgIpc) is 2.55. The Hall–Kier alpha value is -2.12. The summed E-state index contributed by atoms with van der Waals surface area (Å²) >= 11 is 0. The predicted octanol–water partition coefficient (Wildman–Crippen LogP) is 0.394. The minimum atomic E-state index is -1.06. The van der Waals surface area contributed by atoms with Crippen LogP contribution in [0.4, 0.5) is 0 Å². The number of hydrogen-bond acceptors (Lipinski definition) is 5. The molecule has 0 unspecified atom stereocenters. The van der Waals surface area contributed by atoms with E-state index in [2.05, 4.69) is 0 Å². The lowest BCUT2D eigenvalue weighted by atomic mass is 10.2. The van der Waals surface area contributed by atoms with Crippen LogP contribution in [0.3, 0.4) is 0 Å². The average molecular weight is 309 g/mol. The van der Waals surface area contributed by atoms with Crippen LogP contribution >= 0.6 is 0 Å². The number of carbonyl (C=O) groups excluding carboxylic acids is 1. The second-order valence-corrected chi connectivity index (χ2v) is 4.75. The Bertz CT molecular complexity index is 492. The van der Waals surface area contributed by atoms with Gasteiger partial charge in [-0.2, -0.15) is 0 Å². The minimum Gasteiger partial charge on any atom is -0.491 e. The van der Waals surface area contributed by atoms with E-state index in [1.807, 2.05) is 30.3 Å². The van der Waals surface area contributed by atoms with Crippen molar-refractivity contribution in [2.45, 2.75) is 6.10 Å². The van der Waals surface area contributed by atoms with Gasteiger partial charge in [0, 0.05) is 6.54 Å². The zero-order chi connectivity index (χ0) is 15.8. The van der Waals surface area contributed by atoms with Crippen molar-refractivity contribution in [3.8, 4) is 5.75 Å². The van der Waals surface area contributed by atoms with E-state index in [9.17, 15) is 9.59 Å². The molecule has 0 radical (unpaired) electrons. The van der Waals surface area contributed by atoms with Gasteiger partial charge in [0.25, 0.3) is 0 Å². The molecule has 0 saturated carbocycles. The lowest BCUT2D eigenvalue weighted by Gasteiger charge is -2.30. The Morgan fingerprint density at radius 1 is 1.27 bits per heavy atom. The molecule has 0 spiro atoms. The molecule has 0 aromatic heterocycles. The van der Waals surface area contributed by atoms with E-state index in [-0.39, 0.29) is 32.3 Å². The number of hydrogen-bond donors (Lipinski definition) is 1.